The highest BCUT2D eigenvalue weighted by molar-refractivity contribution is 14.1. The molecule has 1 amide bonds. The molecule has 1 unspecified atom stereocenters. The summed E-state index contributed by atoms with van der Waals surface area (Å²) in [6, 6.07) is 2.27. The third-order valence-electron chi connectivity index (χ3n) is 2.22. The zero-order valence-electron chi connectivity index (χ0n) is 7.55. The van der Waals surface area contributed by atoms with E-state index in [0.717, 1.165) is 28.0 Å². The summed E-state index contributed by atoms with van der Waals surface area (Å²) < 4.78 is 1.04. The first-order chi connectivity index (χ1) is 6.77. The molecule has 76 valence electrons. The maximum Gasteiger partial charge on any atom is 0.262 e. The zero-order chi connectivity index (χ0) is 9.97. The van der Waals surface area contributed by atoms with E-state index in [1.54, 1.807) is 0 Å². The van der Waals surface area contributed by atoms with E-state index in [2.05, 4.69) is 33.2 Å². The van der Waals surface area contributed by atoms with E-state index >= 15 is 0 Å². The maximum absolute atomic E-state index is 11.7. The molecule has 2 N–H and O–H groups in total. The van der Waals surface area contributed by atoms with Crippen molar-refractivity contribution in [3.63, 3.8) is 0 Å². The molecule has 2 rings (SSSR count). The van der Waals surface area contributed by atoms with Gasteiger partial charge in [-0.1, -0.05) is 0 Å². The molecule has 1 aliphatic heterocycles. The van der Waals surface area contributed by atoms with E-state index in [1.165, 1.54) is 11.3 Å². The van der Waals surface area contributed by atoms with Gasteiger partial charge in [0.1, 0.15) is 4.88 Å². The van der Waals surface area contributed by atoms with E-state index in [0.29, 0.717) is 6.04 Å². The molecule has 3 nitrogen and oxygen atoms in total. The van der Waals surface area contributed by atoms with Crippen LogP contribution in [-0.4, -0.2) is 25.0 Å². The Kier molecular flexibility index (Phi) is 3.40. The Labute approximate surface area is 100 Å². The summed E-state index contributed by atoms with van der Waals surface area (Å²) in [5, 5.41) is 8.20. The first-order valence-corrected chi connectivity index (χ1v) is 6.48. The molecular weight excluding hydrogens is 311 g/mol. The average Bonchev–Trinajstić information content (AvgIpc) is 2.75. The molecule has 5 heteroatoms. The molecule has 1 aromatic heterocycles. The Morgan fingerprint density at radius 1 is 1.71 bits per heavy atom. The molecular formula is C9H11IN2OS. The van der Waals surface area contributed by atoms with Crippen molar-refractivity contribution in [1.82, 2.24) is 10.6 Å². The van der Waals surface area contributed by atoms with Gasteiger partial charge in [0.15, 0.2) is 0 Å². The van der Waals surface area contributed by atoms with Gasteiger partial charge in [-0.25, -0.2) is 0 Å². The zero-order valence-corrected chi connectivity index (χ0v) is 10.5. The minimum absolute atomic E-state index is 0.0677. The van der Waals surface area contributed by atoms with Crippen molar-refractivity contribution in [1.29, 1.82) is 0 Å². The number of nitrogens with one attached hydrogen (secondary N) is 2. The molecule has 0 bridgehead atoms. The van der Waals surface area contributed by atoms with Gasteiger partial charge in [-0.15, -0.1) is 11.3 Å². The lowest BCUT2D eigenvalue weighted by Gasteiger charge is -2.10. The van der Waals surface area contributed by atoms with Gasteiger partial charge in [-0.05, 0) is 47.0 Å². The van der Waals surface area contributed by atoms with Crippen molar-refractivity contribution in [3.05, 3.63) is 19.9 Å². The SMILES string of the molecule is O=C(NC1CCNC1)c1sccc1I. The van der Waals surface area contributed by atoms with Crippen LogP contribution in [0.1, 0.15) is 16.1 Å². The van der Waals surface area contributed by atoms with Gasteiger partial charge in [-0.2, -0.15) is 0 Å². The van der Waals surface area contributed by atoms with Crippen LogP contribution in [0.5, 0.6) is 0 Å². The quantitative estimate of drug-likeness (QED) is 0.809. The largest absolute Gasteiger partial charge is 0.347 e. The fourth-order valence-electron chi connectivity index (χ4n) is 1.48. The normalized spacial score (nSPS) is 21.1. The highest BCUT2D eigenvalue weighted by Crippen LogP contribution is 2.18. The molecule has 1 aromatic rings. The third kappa shape index (κ3) is 2.26. The van der Waals surface area contributed by atoms with E-state index in [-0.39, 0.29) is 5.91 Å². The molecule has 0 aromatic carbocycles. The van der Waals surface area contributed by atoms with Gasteiger partial charge < -0.3 is 10.6 Å². The Balaban J connectivity index is 1.98. The fourth-order valence-corrected chi connectivity index (χ4v) is 3.22. The molecule has 0 spiro atoms. The van der Waals surface area contributed by atoms with Crippen molar-refractivity contribution in [2.24, 2.45) is 0 Å². The van der Waals surface area contributed by atoms with E-state index in [1.807, 2.05) is 11.4 Å². The lowest BCUT2D eigenvalue weighted by molar-refractivity contribution is 0.0943. The van der Waals surface area contributed by atoms with E-state index in [9.17, 15) is 4.79 Å². The summed E-state index contributed by atoms with van der Waals surface area (Å²) in [4.78, 5) is 12.6. The van der Waals surface area contributed by atoms with Gasteiger partial charge in [-0.3, -0.25) is 4.79 Å². The van der Waals surface area contributed by atoms with Crippen LogP contribution in [0.2, 0.25) is 0 Å². The van der Waals surface area contributed by atoms with Gasteiger partial charge in [0.2, 0.25) is 0 Å². The second-order valence-corrected chi connectivity index (χ2v) is 5.34. The number of hydrogen-bond acceptors (Lipinski definition) is 3. The fraction of sp³-hybridized carbons (Fsp3) is 0.444. The molecule has 14 heavy (non-hydrogen) atoms. The number of carbonyl (C=O) groups excluding carboxylic acids is 1. The van der Waals surface area contributed by atoms with Gasteiger partial charge in [0.05, 0.1) is 0 Å². The number of rotatable bonds is 2. The molecule has 1 atom stereocenters. The van der Waals surface area contributed by atoms with Crippen LogP contribution in [0.25, 0.3) is 0 Å². The highest BCUT2D eigenvalue weighted by atomic mass is 127. The number of thiophene rings is 1. The Hall–Kier alpha value is -0.140. The molecule has 1 saturated heterocycles. The molecule has 1 aliphatic rings. The third-order valence-corrected chi connectivity index (χ3v) is 4.40. The standard InChI is InChI=1S/C9H11IN2OS/c10-7-2-4-14-8(7)9(13)12-6-1-3-11-5-6/h2,4,6,11H,1,3,5H2,(H,12,13). The van der Waals surface area contributed by atoms with Crippen LogP contribution in [-0.2, 0) is 0 Å². The van der Waals surface area contributed by atoms with Crippen molar-refractivity contribution in [2.45, 2.75) is 12.5 Å². The van der Waals surface area contributed by atoms with Crippen LogP contribution in [0.4, 0.5) is 0 Å². The lowest BCUT2D eigenvalue weighted by atomic mass is 10.2. The average molecular weight is 322 g/mol. The van der Waals surface area contributed by atoms with Crippen LogP contribution >= 0.6 is 33.9 Å². The Morgan fingerprint density at radius 3 is 3.14 bits per heavy atom. The van der Waals surface area contributed by atoms with Crippen LogP contribution in [0, 0.1) is 3.57 Å². The predicted molar refractivity (Wildman–Crippen MR) is 65.8 cm³/mol. The van der Waals surface area contributed by atoms with Crippen molar-refractivity contribution in [2.75, 3.05) is 13.1 Å². The predicted octanol–water partition coefficient (Wildman–Crippen LogP) is 1.44. The van der Waals surface area contributed by atoms with E-state index < -0.39 is 0 Å². The molecule has 2 heterocycles. The minimum Gasteiger partial charge on any atom is -0.347 e. The topological polar surface area (TPSA) is 41.1 Å². The Morgan fingerprint density at radius 2 is 2.57 bits per heavy atom. The highest BCUT2D eigenvalue weighted by Gasteiger charge is 2.19. The van der Waals surface area contributed by atoms with Gasteiger partial charge in [0, 0.05) is 16.2 Å². The van der Waals surface area contributed by atoms with Crippen LogP contribution in [0.15, 0.2) is 11.4 Å². The van der Waals surface area contributed by atoms with Crippen molar-refractivity contribution >= 4 is 39.8 Å². The Bertz CT molecular complexity index is 333. The first kappa shape index (κ1) is 10.4. The monoisotopic (exact) mass is 322 g/mol. The molecule has 0 radical (unpaired) electrons. The lowest BCUT2D eigenvalue weighted by Crippen LogP contribution is -2.36. The second kappa shape index (κ2) is 4.59. The summed E-state index contributed by atoms with van der Waals surface area (Å²) in [6.07, 6.45) is 1.04. The number of amides is 1. The minimum atomic E-state index is 0.0677. The van der Waals surface area contributed by atoms with Crippen molar-refractivity contribution < 1.29 is 4.79 Å². The molecule has 1 fully saturated rings. The number of hydrogen-bond donors (Lipinski definition) is 2. The number of carbonyl (C=O) groups is 1. The second-order valence-electron chi connectivity index (χ2n) is 3.26. The number of halogens is 1. The summed E-state index contributed by atoms with van der Waals surface area (Å²) in [5.74, 6) is 0.0677. The van der Waals surface area contributed by atoms with Gasteiger partial charge in [0.25, 0.3) is 5.91 Å². The van der Waals surface area contributed by atoms with Crippen LogP contribution in [0.3, 0.4) is 0 Å². The smallest absolute Gasteiger partial charge is 0.262 e. The summed E-state index contributed by atoms with van der Waals surface area (Å²) >= 11 is 3.69. The molecule has 0 saturated carbocycles. The summed E-state index contributed by atoms with van der Waals surface area (Å²) in [6.45, 7) is 1.90. The summed E-state index contributed by atoms with van der Waals surface area (Å²) in [7, 11) is 0. The van der Waals surface area contributed by atoms with Crippen LogP contribution < -0.4 is 10.6 Å². The van der Waals surface area contributed by atoms with E-state index in [4.69, 9.17) is 0 Å². The summed E-state index contributed by atoms with van der Waals surface area (Å²) in [5.41, 5.74) is 0. The van der Waals surface area contributed by atoms with Crippen molar-refractivity contribution in [3.8, 4) is 0 Å². The van der Waals surface area contributed by atoms with Gasteiger partial charge >= 0.3 is 0 Å². The maximum atomic E-state index is 11.7. The molecule has 0 aliphatic carbocycles. The first-order valence-electron chi connectivity index (χ1n) is 4.52.